The molecule has 0 saturated heterocycles. The van der Waals surface area contributed by atoms with E-state index in [2.05, 4.69) is 20.0 Å². The third kappa shape index (κ3) is 4.01. The third-order valence-electron chi connectivity index (χ3n) is 3.69. The predicted molar refractivity (Wildman–Crippen MR) is 91.7 cm³/mol. The van der Waals surface area contributed by atoms with E-state index in [-0.39, 0.29) is 0 Å². The first kappa shape index (κ1) is 16.7. The van der Waals surface area contributed by atoms with Crippen LogP contribution in [0.4, 0.5) is 5.82 Å². The summed E-state index contributed by atoms with van der Waals surface area (Å²) < 4.78 is 30.6. The van der Waals surface area contributed by atoms with Crippen LogP contribution >= 0.6 is 0 Å². The highest BCUT2D eigenvalue weighted by Gasteiger charge is 2.19. The molecule has 1 aromatic carbocycles. The molecule has 0 atom stereocenters. The Bertz CT molecular complexity index is 852. The lowest BCUT2D eigenvalue weighted by atomic mass is 10.0. The number of hydrogen-bond donors (Lipinski definition) is 2. The van der Waals surface area contributed by atoms with Gasteiger partial charge in [-0.1, -0.05) is 18.2 Å². The van der Waals surface area contributed by atoms with E-state index in [0.29, 0.717) is 31.9 Å². The smallest absolute Gasteiger partial charge is 0.208 e. The third-order valence-corrected chi connectivity index (χ3v) is 4.42. The second-order valence-electron chi connectivity index (χ2n) is 5.71. The second kappa shape index (κ2) is 6.74. The first-order chi connectivity index (χ1) is 11.4. The Kier molecular flexibility index (Phi) is 4.68. The van der Waals surface area contributed by atoms with E-state index >= 15 is 0 Å². The van der Waals surface area contributed by atoms with Crippen LogP contribution in [0.2, 0.25) is 0 Å². The molecule has 24 heavy (non-hydrogen) atoms. The van der Waals surface area contributed by atoms with E-state index in [0.717, 1.165) is 34.6 Å². The van der Waals surface area contributed by atoms with Gasteiger partial charge in [0.1, 0.15) is 24.0 Å². The Morgan fingerprint density at radius 2 is 2.00 bits per heavy atom. The lowest BCUT2D eigenvalue weighted by Gasteiger charge is -2.13. The minimum Gasteiger partial charge on any atom is -0.487 e. The Morgan fingerprint density at radius 1 is 1.21 bits per heavy atom. The minimum atomic E-state index is -3.19. The number of hydrogen-bond acceptors (Lipinski definition) is 6. The fraction of sp³-hybridized carbons (Fsp3) is 0.375. The van der Waals surface area contributed by atoms with Crippen molar-refractivity contribution in [3.63, 3.8) is 0 Å². The maximum atomic E-state index is 11.1. The number of aromatic nitrogens is 2. The topological polar surface area (TPSA) is 93.2 Å². The predicted octanol–water partition coefficient (Wildman–Crippen LogP) is 1.23. The average molecular weight is 348 g/mol. The fourth-order valence-corrected chi connectivity index (χ4v) is 3.12. The molecular weight excluding hydrogens is 328 g/mol. The molecule has 0 amide bonds. The first-order valence-electron chi connectivity index (χ1n) is 7.68. The minimum absolute atomic E-state index is 0.295. The molecule has 8 heteroatoms. The summed E-state index contributed by atoms with van der Waals surface area (Å²) >= 11 is 0. The van der Waals surface area contributed by atoms with Crippen molar-refractivity contribution in [2.45, 2.75) is 20.0 Å². The van der Waals surface area contributed by atoms with Gasteiger partial charge in [-0.25, -0.2) is 23.1 Å². The normalized spacial score (nSPS) is 13.4. The van der Waals surface area contributed by atoms with Crippen molar-refractivity contribution in [2.24, 2.45) is 0 Å². The van der Waals surface area contributed by atoms with E-state index in [4.69, 9.17) is 4.74 Å². The van der Waals surface area contributed by atoms with Gasteiger partial charge in [-0.2, -0.15) is 0 Å². The largest absolute Gasteiger partial charge is 0.487 e. The second-order valence-corrected chi connectivity index (χ2v) is 7.54. The van der Waals surface area contributed by atoms with Crippen molar-refractivity contribution in [3.8, 4) is 5.75 Å². The monoisotopic (exact) mass is 348 g/mol. The summed E-state index contributed by atoms with van der Waals surface area (Å²) in [5.41, 5.74) is 2.93. The molecule has 1 aliphatic rings. The van der Waals surface area contributed by atoms with Crippen LogP contribution in [0.1, 0.15) is 22.6 Å². The maximum absolute atomic E-state index is 11.1. The van der Waals surface area contributed by atoms with Gasteiger partial charge >= 0.3 is 0 Å². The number of nitrogens with one attached hydrogen (secondary N) is 2. The average Bonchev–Trinajstić information content (AvgIpc) is 2.70. The van der Waals surface area contributed by atoms with Gasteiger partial charge in [-0.05, 0) is 18.6 Å². The zero-order chi connectivity index (χ0) is 17.2. The number of anilines is 1. The zero-order valence-electron chi connectivity index (χ0n) is 13.7. The van der Waals surface area contributed by atoms with Gasteiger partial charge in [0.05, 0.1) is 11.9 Å². The van der Waals surface area contributed by atoms with Gasteiger partial charge in [0.15, 0.2) is 0 Å². The number of sulfonamides is 1. The molecule has 0 spiro atoms. The first-order valence-corrected chi connectivity index (χ1v) is 9.57. The molecule has 0 aliphatic carbocycles. The van der Waals surface area contributed by atoms with Crippen molar-refractivity contribution in [1.29, 1.82) is 0 Å². The summed E-state index contributed by atoms with van der Waals surface area (Å²) in [4.78, 5) is 8.98. The molecule has 0 unspecified atom stereocenters. The van der Waals surface area contributed by atoms with Crippen LogP contribution in [0.25, 0.3) is 0 Å². The summed E-state index contributed by atoms with van der Waals surface area (Å²) in [5.74, 6) is 2.24. The number of rotatable bonds is 5. The molecule has 128 valence electrons. The van der Waals surface area contributed by atoms with Crippen LogP contribution in [0.3, 0.4) is 0 Å². The Hall–Kier alpha value is -2.19. The standard InChI is InChI=1S/C16H20N4O3S/c1-11-19-14-10-23-15-6-4-3-5-12(15)9-13(14)16(20-11)17-7-8-18-24(2,21)22/h3-6,18H,7-10H2,1-2H3,(H,17,19,20). The SMILES string of the molecule is Cc1nc2c(c(NCCNS(C)(=O)=O)n1)Cc1ccccc1OC2. The van der Waals surface area contributed by atoms with E-state index in [9.17, 15) is 8.42 Å². The van der Waals surface area contributed by atoms with Crippen molar-refractivity contribution in [3.05, 3.63) is 46.9 Å². The lowest BCUT2D eigenvalue weighted by molar-refractivity contribution is 0.302. The van der Waals surface area contributed by atoms with Crippen LogP contribution in [0.5, 0.6) is 5.75 Å². The van der Waals surface area contributed by atoms with Gasteiger partial charge in [0.25, 0.3) is 0 Å². The highest BCUT2D eigenvalue weighted by Crippen LogP contribution is 2.30. The van der Waals surface area contributed by atoms with Crippen molar-refractivity contribution >= 4 is 15.8 Å². The molecule has 0 radical (unpaired) electrons. The van der Waals surface area contributed by atoms with Crippen LogP contribution in [-0.2, 0) is 23.1 Å². The number of nitrogens with zero attached hydrogens (tertiary/aromatic N) is 2. The molecule has 0 saturated carbocycles. The van der Waals surface area contributed by atoms with Crippen molar-refractivity contribution in [1.82, 2.24) is 14.7 Å². The summed E-state index contributed by atoms with van der Waals surface area (Å²) in [6.45, 7) is 2.96. The molecule has 0 fully saturated rings. The molecule has 1 aromatic heterocycles. The molecule has 2 aromatic rings. The van der Waals surface area contributed by atoms with Gasteiger partial charge in [-0.15, -0.1) is 0 Å². The molecule has 3 rings (SSSR count). The van der Waals surface area contributed by atoms with Crippen LogP contribution in [0, 0.1) is 6.92 Å². The molecule has 0 bridgehead atoms. The number of fused-ring (bicyclic) bond motifs is 2. The van der Waals surface area contributed by atoms with E-state index in [1.54, 1.807) is 0 Å². The van der Waals surface area contributed by atoms with Crippen LogP contribution < -0.4 is 14.8 Å². The van der Waals surface area contributed by atoms with Crippen LogP contribution in [0.15, 0.2) is 24.3 Å². The van der Waals surface area contributed by atoms with Crippen LogP contribution in [-0.4, -0.2) is 37.7 Å². The van der Waals surface area contributed by atoms with E-state index < -0.39 is 10.0 Å². The van der Waals surface area contributed by atoms with Crippen molar-refractivity contribution < 1.29 is 13.2 Å². The molecule has 1 aliphatic heterocycles. The number of para-hydroxylation sites is 1. The van der Waals surface area contributed by atoms with E-state index in [1.165, 1.54) is 0 Å². The van der Waals surface area contributed by atoms with Gasteiger partial charge < -0.3 is 10.1 Å². The summed E-state index contributed by atoms with van der Waals surface area (Å²) in [6, 6.07) is 7.90. The fourth-order valence-electron chi connectivity index (χ4n) is 2.65. The lowest BCUT2D eigenvalue weighted by Crippen LogP contribution is -2.28. The highest BCUT2D eigenvalue weighted by atomic mass is 32.2. The summed E-state index contributed by atoms with van der Waals surface area (Å²) in [5, 5.41) is 3.21. The quantitative estimate of drug-likeness (QED) is 0.790. The molecular formula is C16H20N4O3S. The Morgan fingerprint density at radius 3 is 2.79 bits per heavy atom. The Balaban J connectivity index is 1.82. The Labute approximate surface area is 141 Å². The summed E-state index contributed by atoms with van der Waals surface area (Å²) in [6.07, 6.45) is 1.82. The maximum Gasteiger partial charge on any atom is 0.208 e. The molecule has 2 heterocycles. The molecule has 7 nitrogen and oxygen atoms in total. The highest BCUT2D eigenvalue weighted by molar-refractivity contribution is 7.88. The van der Waals surface area contributed by atoms with Gasteiger partial charge in [0.2, 0.25) is 10.0 Å². The van der Waals surface area contributed by atoms with Gasteiger partial charge in [-0.3, -0.25) is 0 Å². The zero-order valence-corrected chi connectivity index (χ0v) is 14.5. The number of benzene rings is 1. The summed E-state index contributed by atoms with van der Waals surface area (Å²) in [7, 11) is -3.19. The van der Waals surface area contributed by atoms with Gasteiger partial charge in [0, 0.05) is 25.1 Å². The molecule has 2 N–H and O–H groups in total. The van der Waals surface area contributed by atoms with E-state index in [1.807, 2.05) is 31.2 Å². The van der Waals surface area contributed by atoms with Crippen molar-refractivity contribution in [2.75, 3.05) is 24.7 Å². The number of aryl methyl sites for hydroxylation is 1. The number of ether oxygens (including phenoxy) is 1.